The number of methoxy groups -OCH3 is 2. The summed E-state index contributed by atoms with van der Waals surface area (Å²) in [4.78, 5) is 4.23. The lowest BCUT2D eigenvalue weighted by Gasteiger charge is -2.12. The van der Waals surface area contributed by atoms with Crippen molar-refractivity contribution in [2.75, 3.05) is 20.0 Å². The number of anilines is 1. The minimum Gasteiger partial charge on any atom is -0.504 e. The molecule has 2 aromatic rings. The molecule has 0 fully saturated rings. The number of nitrogens with zero attached hydrogens (tertiary/aromatic N) is 1. The molecule has 0 saturated carbocycles. The highest BCUT2D eigenvalue weighted by Gasteiger charge is 2.15. The Bertz CT molecular complexity index is 582. The molecular formula is C12H14N2O3. The Morgan fingerprint density at radius 2 is 1.94 bits per heavy atom. The molecule has 0 bridgehead atoms. The van der Waals surface area contributed by atoms with E-state index in [9.17, 15) is 5.11 Å². The number of ether oxygens (including phenoxy) is 2. The average Bonchev–Trinajstić information content (AvgIpc) is 2.32. The third kappa shape index (κ3) is 1.69. The van der Waals surface area contributed by atoms with E-state index < -0.39 is 0 Å². The van der Waals surface area contributed by atoms with Gasteiger partial charge in [-0.2, -0.15) is 0 Å². The van der Waals surface area contributed by atoms with Crippen LogP contribution in [0.25, 0.3) is 10.9 Å². The van der Waals surface area contributed by atoms with Crippen LogP contribution >= 0.6 is 0 Å². The van der Waals surface area contributed by atoms with Crippen LogP contribution in [-0.4, -0.2) is 24.3 Å². The van der Waals surface area contributed by atoms with Gasteiger partial charge in [-0.1, -0.05) is 0 Å². The lowest BCUT2D eigenvalue weighted by Crippen LogP contribution is -1.97. The maximum Gasteiger partial charge on any atom is 0.213 e. The number of aromatic nitrogens is 1. The highest BCUT2D eigenvalue weighted by atomic mass is 16.5. The van der Waals surface area contributed by atoms with Crippen LogP contribution in [0, 0.1) is 6.92 Å². The normalized spacial score (nSPS) is 10.5. The topological polar surface area (TPSA) is 77.6 Å². The molecule has 2 rings (SSSR count). The number of hydrogen-bond acceptors (Lipinski definition) is 5. The molecular weight excluding hydrogens is 220 g/mol. The molecule has 0 spiro atoms. The zero-order valence-corrected chi connectivity index (χ0v) is 9.94. The van der Waals surface area contributed by atoms with Gasteiger partial charge >= 0.3 is 0 Å². The van der Waals surface area contributed by atoms with E-state index in [-0.39, 0.29) is 5.75 Å². The van der Waals surface area contributed by atoms with Gasteiger partial charge in [0, 0.05) is 12.1 Å². The fourth-order valence-electron chi connectivity index (χ4n) is 1.81. The molecule has 0 aliphatic heterocycles. The average molecular weight is 234 g/mol. The Morgan fingerprint density at radius 3 is 2.53 bits per heavy atom. The summed E-state index contributed by atoms with van der Waals surface area (Å²) in [5.41, 5.74) is 7.67. The van der Waals surface area contributed by atoms with Gasteiger partial charge < -0.3 is 20.3 Å². The second kappa shape index (κ2) is 4.01. The van der Waals surface area contributed by atoms with Crippen LogP contribution in [0.2, 0.25) is 0 Å². The third-order valence-corrected chi connectivity index (χ3v) is 2.65. The van der Waals surface area contributed by atoms with Crippen molar-refractivity contribution >= 4 is 16.6 Å². The van der Waals surface area contributed by atoms with Gasteiger partial charge in [0.25, 0.3) is 0 Å². The molecule has 0 unspecified atom stereocenters. The van der Waals surface area contributed by atoms with E-state index in [1.54, 1.807) is 12.1 Å². The fourth-order valence-corrected chi connectivity index (χ4v) is 1.81. The van der Waals surface area contributed by atoms with Crippen LogP contribution in [0.4, 0.5) is 5.69 Å². The Kier molecular flexibility index (Phi) is 2.67. The first-order chi connectivity index (χ1) is 8.08. The van der Waals surface area contributed by atoms with Gasteiger partial charge in [-0.3, -0.25) is 0 Å². The smallest absolute Gasteiger partial charge is 0.213 e. The highest BCUT2D eigenvalue weighted by Crippen LogP contribution is 2.39. The molecule has 5 heteroatoms. The summed E-state index contributed by atoms with van der Waals surface area (Å²) in [6, 6.07) is 3.28. The van der Waals surface area contributed by atoms with Gasteiger partial charge in [0.15, 0.2) is 11.5 Å². The lowest BCUT2D eigenvalue weighted by atomic mass is 10.1. The minimum atomic E-state index is 0.0457. The number of rotatable bonds is 2. The van der Waals surface area contributed by atoms with Crippen LogP contribution in [0.5, 0.6) is 17.4 Å². The van der Waals surface area contributed by atoms with Crippen molar-refractivity contribution in [2.45, 2.75) is 6.92 Å². The van der Waals surface area contributed by atoms with Gasteiger partial charge in [0.05, 0.1) is 25.3 Å². The van der Waals surface area contributed by atoms with E-state index in [0.29, 0.717) is 28.2 Å². The second-order valence-electron chi connectivity index (χ2n) is 3.72. The zero-order chi connectivity index (χ0) is 12.6. The molecule has 1 aromatic heterocycles. The van der Waals surface area contributed by atoms with Crippen molar-refractivity contribution in [3.63, 3.8) is 0 Å². The Hall–Kier alpha value is -2.17. The largest absolute Gasteiger partial charge is 0.504 e. The zero-order valence-electron chi connectivity index (χ0n) is 9.94. The van der Waals surface area contributed by atoms with Crippen LogP contribution in [0.15, 0.2) is 12.1 Å². The standard InChI is InChI=1S/C12H14N2O3/c1-6-4-9(17-3)14-11-7(13)5-8(16-2)12(15)10(6)11/h4-5,15H,13H2,1-3H3. The monoisotopic (exact) mass is 234 g/mol. The lowest BCUT2D eigenvalue weighted by molar-refractivity contribution is 0.376. The van der Waals surface area contributed by atoms with Crippen molar-refractivity contribution in [3.05, 3.63) is 17.7 Å². The van der Waals surface area contributed by atoms with E-state index in [4.69, 9.17) is 15.2 Å². The second-order valence-corrected chi connectivity index (χ2v) is 3.72. The first-order valence-electron chi connectivity index (χ1n) is 5.09. The van der Waals surface area contributed by atoms with Crippen molar-refractivity contribution in [2.24, 2.45) is 0 Å². The molecule has 0 aliphatic carbocycles. The summed E-state index contributed by atoms with van der Waals surface area (Å²) in [5.74, 6) is 0.848. The van der Waals surface area contributed by atoms with Crippen LogP contribution in [0.1, 0.15) is 5.56 Å². The SMILES string of the molecule is COc1cc(C)c2c(O)c(OC)cc(N)c2n1. The first kappa shape index (κ1) is 11.3. The van der Waals surface area contributed by atoms with Crippen molar-refractivity contribution in [1.82, 2.24) is 4.98 Å². The molecule has 0 radical (unpaired) electrons. The van der Waals surface area contributed by atoms with Gasteiger partial charge in [0.1, 0.15) is 5.52 Å². The van der Waals surface area contributed by atoms with Crippen LogP contribution in [0.3, 0.4) is 0 Å². The van der Waals surface area contributed by atoms with E-state index in [1.807, 2.05) is 6.92 Å². The molecule has 1 aromatic carbocycles. The van der Waals surface area contributed by atoms with Gasteiger partial charge in [-0.15, -0.1) is 0 Å². The van der Waals surface area contributed by atoms with Gasteiger partial charge in [0.2, 0.25) is 5.88 Å². The molecule has 0 aliphatic rings. The maximum absolute atomic E-state index is 10.1. The number of benzene rings is 1. The Balaban J connectivity index is 2.89. The van der Waals surface area contributed by atoms with E-state index >= 15 is 0 Å². The molecule has 1 heterocycles. The number of nitrogens with two attached hydrogens (primary N) is 1. The van der Waals surface area contributed by atoms with Gasteiger partial charge in [-0.05, 0) is 12.5 Å². The summed E-state index contributed by atoms with van der Waals surface area (Å²) in [7, 11) is 3.01. The quantitative estimate of drug-likeness (QED) is 0.612. The van der Waals surface area contributed by atoms with Crippen LogP contribution in [-0.2, 0) is 0 Å². The number of aryl methyl sites for hydroxylation is 1. The summed E-state index contributed by atoms with van der Waals surface area (Å²) < 4.78 is 10.1. The maximum atomic E-state index is 10.1. The number of phenolic OH excluding ortho intramolecular Hbond substituents is 1. The molecule has 90 valence electrons. The summed E-state index contributed by atoms with van der Waals surface area (Å²) in [6.45, 7) is 1.85. The summed E-state index contributed by atoms with van der Waals surface area (Å²) >= 11 is 0. The number of pyridine rings is 1. The van der Waals surface area contributed by atoms with Crippen molar-refractivity contribution < 1.29 is 14.6 Å². The minimum absolute atomic E-state index is 0.0457. The van der Waals surface area contributed by atoms with Crippen LogP contribution < -0.4 is 15.2 Å². The molecule has 3 N–H and O–H groups in total. The molecule has 5 nitrogen and oxygen atoms in total. The van der Waals surface area contributed by atoms with E-state index in [2.05, 4.69) is 4.98 Å². The number of nitrogen functional groups attached to an aromatic ring is 1. The number of phenols is 1. The highest BCUT2D eigenvalue weighted by molar-refractivity contribution is 5.98. The van der Waals surface area contributed by atoms with Crippen molar-refractivity contribution in [3.8, 4) is 17.4 Å². The predicted molar refractivity (Wildman–Crippen MR) is 65.7 cm³/mol. The summed E-state index contributed by atoms with van der Waals surface area (Å²) in [6.07, 6.45) is 0. The first-order valence-corrected chi connectivity index (χ1v) is 5.09. The third-order valence-electron chi connectivity index (χ3n) is 2.65. The number of fused-ring (bicyclic) bond motifs is 1. The molecule has 0 amide bonds. The summed E-state index contributed by atoms with van der Waals surface area (Å²) in [5, 5.41) is 10.6. The molecule has 0 atom stereocenters. The van der Waals surface area contributed by atoms with Gasteiger partial charge in [-0.25, -0.2) is 4.98 Å². The Morgan fingerprint density at radius 1 is 1.24 bits per heavy atom. The fraction of sp³-hybridized carbons (Fsp3) is 0.250. The van der Waals surface area contributed by atoms with E-state index in [1.165, 1.54) is 14.2 Å². The van der Waals surface area contributed by atoms with E-state index in [0.717, 1.165) is 5.56 Å². The number of hydrogen-bond donors (Lipinski definition) is 2. The number of aromatic hydroxyl groups is 1. The Labute approximate surface area is 98.8 Å². The molecule has 0 saturated heterocycles. The predicted octanol–water partition coefficient (Wildman–Crippen LogP) is 1.85. The molecule has 17 heavy (non-hydrogen) atoms. The van der Waals surface area contributed by atoms with Crippen molar-refractivity contribution in [1.29, 1.82) is 0 Å².